The average molecular weight is 647 g/mol. The molecule has 2 unspecified atom stereocenters. The standard InChI is InChI=1S/C36H46N2O7Si/c1-20-15-16-25(42-7)23-17-22-18-24-29(38(5)6)31-28(34(37-44-31)43-19-21-13-11-10-12-14-21)33(41)36(24,45-46(8,9)35(2,3)4)32(40)27(22)30(39)26(20)23/h10-16,22,24,28-29,31,39H,17-19H2,1-9H3/t22-,24-,28?,29-,31?,36-/m0/s1. The number of aliphatic hydroxyl groups is 1. The van der Waals surface area contributed by atoms with E-state index in [1.165, 1.54) is 0 Å². The van der Waals surface area contributed by atoms with Gasteiger partial charge in [0.25, 0.3) is 0 Å². The summed E-state index contributed by atoms with van der Waals surface area (Å²) in [6.07, 6.45) is 0.287. The summed E-state index contributed by atoms with van der Waals surface area (Å²) in [5.41, 5.74) is 1.65. The molecule has 0 bridgehead atoms. The molecule has 0 saturated heterocycles. The van der Waals surface area contributed by atoms with Crippen molar-refractivity contribution >= 4 is 31.5 Å². The highest BCUT2D eigenvalue weighted by atomic mass is 28.4. The van der Waals surface area contributed by atoms with Crippen molar-refractivity contribution in [2.24, 2.45) is 22.9 Å². The van der Waals surface area contributed by atoms with Crippen LogP contribution in [0.2, 0.25) is 18.1 Å². The fourth-order valence-electron chi connectivity index (χ4n) is 7.74. The molecule has 9 nitrogen and oxygen atoms in total. The van der Waals surface area contributed by atoms with E-state index in [1.807, 2.05) is 68.4 Å². The molecule has 4 aliphatic rings. The first-order chi connectivity index (χ1) is 21.6. The molecule has 0 spiro atoms. The Bertz CT molecular complexity index is 1630. The summed E-state index contributed by atoms with van der Waals surface area (Å²) in [6, 6.07) is 13.0. The molecular formula is C36H46N2O7Si. The molecule has 0 radical (unpaired) electrons. The minimum atomic E-state index is -2.78. The van der Waals surface area contributed by atoms with E-state index in [4.69, 9.17) is 18.7 Å². The summed E-state index contributed by atoms with van der Waals surface area (Å²) in [5, 5.41) is 16.0. The van der Waals surface area contributed by atoms with E-state index < -0.39 is 49.5 Å². The quantitative estimate of drug-likeness (QED) is 0.308. The second-order valence-corrected chi connectivity index (χ2v) is 19.7. The fourth-order valence-corrected chi connectivity index (χ4v) is 9.19. The second-order valence-electron chi connectivity index (χ2n) is 14.9. The Balaban J connectivity index is 1.53. The topological polar surface area (TPSA) is 107 Å². The van der Waals surface area contributed by atoms with Gasteiger partial charge in [0, 0.05) is 22.6 Å². The van der Waals surface area contributed by atoms with Crippen LogP contribution in [-0.4, -0.2) is 74.7 Å². The van der Waals surface area contributed by atoms with Gasteiger partial charge in [-0.3, -0.25) is 9.59 Å². The molecule has 246 valence electrons. The normalized spacial score (nSPS) is 29.0. The number of carbonyl (C=O) groups is 2. The minimum Gasteiger partial charge on any atom is -0.507 e. The molecule has 3 aliphatic carbocycles. The summed E-state index contributed by atoms with van der Waals surface area (Å²) in [6.45, 7) is 12.5. The van der Waals surface area contributed by atoms with Crippen molar-refractivity contribution in [1.82, 2.24) is 4.90 Å². The molecule has 2 aromatic rings. The van der Waals surface area contributed by atoms with Crippen molar-refractivity contribution in [3.8, 4) is 5.75 Å². The van der Waals surface area contributed by atoms with Crippen LogP contribution in [0.3, 0.4) is 0 Å². The number of ketones is 2. The Kier molecular flexibility index (Phi) is 8.01. The first kappa shape index (κ1) is 32.5. The lowest BCUT2D eigenvalue weighted by molar-refractivity contribution is -0.178. The van der Waals surface area contributed by atoms with Gasteiger partial charge in [0.15, 0.2) is 25.8 Å². The monoisotopic (exact) mass is 646 g/mol. The number of nitrogens with zero attached hydrogens (tertiary/aromatic N) is 2. The van der Waals surface area contributed by atoms with Gasteiger partial charge in [-0.05, 0) is 75.1 Å². The van der Waals surface area contributed by atoms with Gasteiger partial charge in [-0.1, -0.05) is 62.3 Å². The van der Waals surface area contributed by atoms with Gasteiger partial charge >= 0.3 is 0 Å². The second kappa shape index (κ2) is 11.3. The van der Waals surface area contributed by atoms with E-state index in [-0.39, 0.29) is 34.8 Å². The van der Waals surface area contributed by atoms with Crippen molar-refractivity contribution in [1.29, 1.82) is 0 Å². The number of fused-ring (bicyclic) bond motifs is 4. The first-order valence-electron chi connectivity index (χ1n) is 16.1. The Morgan fingerprint density at radius 3 is 2.43 bits per heavy atom. The van der Waals surface area contributed by atoms with E-state index in [1.54, 1.807) is 7.11 Å². The molecule has 46 heavy (non-hydrogen) atoms. The number of benzene rings is 2. The molecule has 0 amide bonds. The van der Waals surface area contributed by atoms with Gasteiger partial charge in [0.2, 0.25) is 11.7 Å². The third kappa shape index (κ3) is 4.83. The zero-order valence-electron chi connectivity index (χ0n) is 28.3. The highest BCUT2D eigenvalue weighted by Gasteiger charge is 2.72. The van der Waals surface area contributed by atoms with Crippen LogP contribution in [0.15, 0.2) is 53.2 Å². The lowest BCUT2D eigenvalue weighted by atomic mass is 9.54. The molecule has 6 atom stereocenters. The number of hydrogen-bond acceptors (Lipinski definition) is 9. The van der Waals surface area contributed by atoms with Crippen LogP contribution in [0, 0.1) is 24.7 Å². The molecule has 1 heterocycles. The summed E-state index contributed by atoms with van der Waals surface area (Å²) in [5.74, 6) is -1.94. The molecule has 2 aromatic carbocycles. The van der Waals surface area contributed by atoms with Crippen molar-refractivity contribution in [3.63, 3.8) is 0 Å². The van der Waals surface area contributed by atoms with E-state index in [0.29, 0.717) is 24.2 Å². The van der Waals surface area contributed by atoms with Gasteiger partial charge in [0.1, 0.15) is 24.0 Å². The van der Waals surface area contributed by atoms with Gasteiger partial charge in [-0.25, -0.2) is 0 Å². The molecular weight excluding hydrogens is 600 g/mol. The smallest absolute Gasteiger partial charge is 0.240 e. The van der Waals surface area contributed by atoms with Gasteiger partial charge in [-0.2, -0.15) is 0 Å². The SMILES string of the molecule is COc1ccc(C)c2c1C[C@H]1C[C@H]3[C@H](N(C)C)C4ON=C(OCc5ccccc5)C4C(=O)[C@@]3(O[Si](C)(C)C(C)(C)C)C(=O)C1=C2O. The summed E-state index contributed by atoms with van der Waals surface area (Å²) < 4.78 is 19.1. The Hall–Kier alpha value is -3.47. The molecule has 10 heteroatoms. The van der Waals surface area contributed by atoms with Gasteiger partial charge in [-0.15, -0.1) is 0 Å². The van der Waals surface area contributed by atoms with Crippen LogP contribution in [0.1, 0.15) is 49.4 Å². The number of oxime groups is 1. The lowest BCUT2D eigenvalue weighted by Gasteiger charge is -2.57. The van der Waals surface area contributed by atoms with Crippen LogP contribution in [0.25, 0.3) is 5.76 Å². The molecule has 6 rings (SSSR count). The Morgan fingerprint density at radius 2 is 1.80 bits per heavy atom. The highest BCUT2D eigenvalue weighted by molar-refractivity contribution is 6.74. The number of carbonyl (C=O) groups excluding carboxylic acids is 2. The maximum Gasteiger partial charge on any atom is 0.240 e. The van der Waals surface area contributed by atoms with Crippen LogP contribution in [-0.2, 0) is 36.6 Å². The minimum absolute atomic E-state index is 0.0856. The van der Waals surface area contributed by atoms with Crippen LogP contribution >= 0.6 is 0 Å². The first-order valence-corrected chi connectivity index (χ1v) is 19.0. The maximum atomic E-state index is 15.3. The highest BCUT2D eigenvalue weighted by Crippen LogP contribution is 2.57. The number of aliphatic hydroxyl groups excluding tert-OH is 1. The lowest BCUT2D eigenvalue weighted by Crippen LogP contribution is -2.75. The van der Waals surface area contributed by atoms with E-state index >= 15 is 9.59 Å². The zero-order valence-corrected chi connectivity index (χ0v) is 29.3. The third-order valence-electron chi connectivity index (χ3n) is 11.0. The number of rotatable bonds is 6. The summed E-state index contributed by atoms with van der Waals surface area (Å²) >= 11 is 0. The van der Waals surface area contributed by atoms with Crippen molar-refractivity contribution in [2.45, 2.75) is 83.0 Å². The summed E-state index contributed by atoms with van der Waals surface area (Å²) in [7, 11) is 2.72. The Morgan fingerprint density at radius 1 is 1.11 bits per heavy atom. The third-order valence-corrected chi connectivity index (χ3v) is 15.4. The van der Waals surface area contributed by atoms with Crippen LogP contribution in [0.4, 0.5) is 0 Å². The molecule has 1 aliphatic heterocycles. The average Bonchev–Trinajstić information content (AvgIpc) is 3.40. The van der Waals surface area contributed by atoms with Crippen molar-refractivity contribution in [3.05, 3.63) is 70.3 Å². The summed E-state index contributed by atoms with van der Waals surface area (Å²) in [4.78, 5) is 38.7. The fraction of sp³-hybridized carbons (Fsp3) is 0.528. The van der Waals surface area contributed by atoms with E-state index in [0.717, 1.165) is 16.7 Å². The van der Waals surface area contributed by atoms with E-state index in [9.17, 15) is 5.11 Å². The predicted octanol–water partition coefficient (Wildman–Crippen LogP) is 5.85. The molecule has 1 N–H and O–H groups in total. The maximum absolute atomic E-state index is 15.3. The molecule has 2 fully saturated rings. The Labute approximate surface area is 272 Å². The van der Waals surface area contributed by atoms with Crippen molar-refractivity contribution in [2.75, 3.05) is 21.2 Å². The van der Waals surface area contributed by atoms with Crippen molar-refractivity contribution < 1.29 is 33.4 Å². The number of hydrogen-bond donors (Lipinski definition) is 1. The molecule has 2 saturated carbocycles. The van der Waals surface area contributed by atoms with Crippen LogP contribution in [0.5, 0.6) is 5.75 Å². The van der Waals surface area contributed by atoms with Crippen LogP contribution < -0.4 is 4.74 Å². The van der Waals surface area contributed by atoms with Gasteiger partial charge in [0.05, 0.1) is 13.2 Å². The number of Topliss-reactive ketones (excluding diaryl/α,β-unsaturated/α-hetero) is 2. The number of ether oxygens (including phenoxy) is 2. The predicted molar refractivity (Wildman–Crippen MR) is 178 cm³/mol. The molecule has 0 aromatic heterocycles. The number of aryl methyl sites for hydroxylation is 1. The number of likely N-dealkylation sites (N-methyl/N-ethyl adjacent to an activating group) is 1. The van der Waals surface area contributed by atoms with E-state index in [2.05, 4.69) is 39.0 Å². The number of methoxy groups -OCH3 is 1. The van der Waals surface area contributed by atoms with Gasteiger partial charge < -0.3 is 28.7 Å². The largest absolute Gasteiger partial charge is 0.507 e. The zero-order chi connectivity index (χ0) is 33.3.